The first-order valence-corrected chi connectivity index (χ1v) is 7.38. The molecule has 2 rings (SSSR count). The fourth-order valence-corrected chi connectivity index (χ4v) is 1.92. The van der Waals surface area contributed by atoms with Gasteiger partial charge in [-0.25, -0.2) is 0 Å². The van der Waals surface area contributed by atoms with E-state index >= 15 is 0 Å². The highest BCUT2D eigenvalue weighted by Gasteiger charge is 2.10. The highest BCUT2D eigenvalue weighted by molar-refractivity contribution is 7.80. The minimum Gasteiger partial charge on any atom is -0.299 e. The molecule has 0 atom stereocenters. The van der Waals surface area contributed by atoms with Crippen molar-refractivity contribution in [2.24, 2.45) is 5.92 Å². The van der Waals surface area contributed by atoms with Crippen molar-refractivity contribution in [1.29, 1.82) is 0 Å². The summed E-state index contributed by atoms with van der Waals surface area (Å²) in [6.45, 7) is 4.75. The second kappa shape index (κ2) is 7.28. The minimum atomic E-state index is -0.344. The van der Waals surface area contributed by atoms with Gasteiger partial charge in [-0.05, 0) is 47.6 Å². The SMILES string of the molecule is CC(C)Cn1nnc(NC(=S)NC(=O)c2ccc(Cl)cc2)n1. The first-order valence-electron chi connectivity index (χ1n) is 6.59. The molecule has 0 saturated carbocycles. The van der Waals surface area contributed by atoms with Crippen LogP contribution in [0.4, 0.5) is 5.95 Å². The summed E-state index contributed by atoms with van der Waals surface area (Å²) in [6, 6.07) is 6.48. The fraction of sp³-hybridized carbons (Fsp3) is 0.308. The zero-order valence-corrected chi connectivity index (χ0v) is 13.6. The van der Waals surface area contributed by atoms with Gasteiger partial charge in [0.05, 0.1) is 6.54 Å². The van der Waals surface area contributed by atoms with Crippen molar-refractivity contribution in [3.05, 3.63) is 34.9 Å². The van der Waals surface area contributed by atoms with Crippen molar-refractivity contribution in [2.45, 2.75) is 20.4 Å². The van der Waals surface area contributed by atoms with E-state index in [2.05, 4.69) is 26.0 Å². The highest BCUT2D eigenvalue weighted by Crippen LogP contribution is 2.09. The molecule has 9 heteroatoms. The highest BCUT2D eigenvalue weighted by atomic mass is 35.5. The number of carbonyl (C=O) groups is 1. The Morgan fingerprint density at radius 1 is 1.36 bits per heavy atom. The Bertz CT molecular complexity index is 669. The smallest absolute Gasteiger partial charge is 0.269 e. The number of aromatic nitrogens is 4. The van der Waals surface area contributed by atoms with Crippen LogP contribution in [0.2, 0.25) is 5.02 Å². The molecule has 2 N–H and O–H groups in total. The van der Waals surface area contributed by atoms with Gasteiger partial charge in [0.15, 0.2) is 5.11 Å². The molecule has 1 heterocycles. The molecule has 0 bridgehead atoms. The Hall–Kier alpha value is -2.06. The van der Waals surface area contributed by atoms with Crippen molar-refractivity contribution < 1.29 is 4.79 Å². The number of benzene rings is 1. The third-order valence-electron chi connectivity index (χ3n) is 2.54. The maximum Gasteiger partial charge on any atom is 0.269 e. The van der Waals surface area contributed by atoms with E-state index < -0.39 is 0 Å². The van der Waals surface area contributed by atoms with Crippen molar-refractivity contribution in [3.8, 4) is 0 Å². The molecule has 0 spiro atoms. The van der Waals surface area contributed by atoms with E-state index in [0.717, 1.165) is 0 Å². The van der Waals surface area contributed by atoms with Crippen molar-refractivity contribution >= 4 is 40.8 Å². The average molecular weight is 339 g/mol. The summed E-state index contributed by atoms with van der Waals surface area (Å²) in [5, 5.41) is 17.7. The molecule has 0 unspecified atom stereocenters. The van der Waals surface area contributed by atoms with E-state index in [1.807, 2.05) is 13.8 Å². The molecule has 0 radical (unpaired) electrons. The number of hydrogen-bond acceptors (Lipinski definition) is 5. The van der Waals surface area contributed by atoms with Crippen LogP contribution in [-0.2, 0) is 6.54 Å². The zero-order valence-electron chi connectivity index (χ0n) is 12.1. The van der Waals surface area contributed by atoms with Crippen molar-refractivity contribution in [3.63, 3.8) is 0 Å². The van der Waals surface area contributed by atoms with Gasteiger partial charge >= 0.3 is 0 Å². The third kappa shape index (κ3) is 4.74. The number of rotatable bonds is 4. The standard InChI is InChI=1S/C13H15ClN6OS/c1-8(2)7-20-18-12(17-19-20)16-13(22)15-11(21)9-3-5-10(14)6-4-9/h3-6,8H,7H2,1-2H3,(H2,15,16,18,21,22). The lowest BCUT2D eigenvalue weighted by atomic mass is 10.2. The lowest BCUT2D eigenvalue weighted by Gasteiger charge is -2.06. The number of halogens is 1. The molecule has 116 valence electrons. The second-order valence-corrected chi connectivity index (χ2v) is 5.82. The lowest BCUT2D eigenvalue weighted by Crippen LogP contribution is -2.34. The molecule has 1 aromatic heterocycles. The molecule has 7 nitrogen and oxygen atoms in total. The molecular weight excluding hydrogens is 324 g/mol. The van der Waals surface area contributed by atoms with Crippen LogP contribution >= 0.6 is 23.8 Å². The van der Waals surface area contributed by atoms with Gasteiger partial charge < -0.3 is 0 Å². The summed E-state index contributed by atoms with van der Waals surface area (Å²) >= 11 is 10.8. The summed E-state index contributed by atoms with van der Waals surface area (Å²) < 4.78 is 0. The van der Waals surface area contributed by atoms with E-state index in [9.17, 15) is 4.79 Å². The van der Waals surface area contributed by atoms with E-state index in [1.54, 1.807) is 24.3 Å². The molecule has 0 aliphatic carbocycles. The largest absolute Gasteiger partial charge is 0.299 e. The van der Waals surface area contributed by atoms with Crippen LogP contribution in [0.3, 0.4) is 0 Å². The number of carbonyl (C=O) groups excluding carboxylic acids is 1. The first kappa shape index (κ1) is 16.3. The summed E-state index contributed by atoms with van der Waals surface area (Å²) in [5.74, 6) is 0.296. The number of anilines is 1. The molecule has 1 aromatic carbocycles. The Morgan fingerprint density at radius 3 is 2.68 bits per heavy atom. The minimum absolute atomic E-state index is 0.101. The molecule has 0 saturated heterocycles. The van der Waals surface area contributed by atoms with Crippen LogP contribution in [0.5, 0.6) is 0 Å². The molecule has 22 heavy (non-hydrogen) atoms. The second-order valence-electron chi connectivity index (χ2n) is 4.98. The Morgan fingerprint density at radius 2 is 2.05 bits per heavy atom. The number of nitrogens with one attached hydrogen (secondary N) is 2. The summed E-state index contributed by atoms with van der Waals surface area (Å²) in [6.07, 6.45) is 0. The number of hydrogen-bond donors (Lipinski definition) is 2. The molecular formula is C13H15ClN6OS. The monoisotopic (exact) mass is 338 g/mol. The fourth-order valence-electron chi connectivity index (χ4n) is 1.61. The van der Waals surface area contributed by atoms with Gasteiger partial charge in [-0.15, -0.1) is 5.10 Å². The quantitative estimate of drug-likeness (QED) is 0.830. The Labute approximate surface area is 138 Å². The number of amides is 1. The summed E-state index contributed by atoms with van der Waals surface area (Å²) in [4.78, 5) is 13.4. The van der Waals surface area contributed by atoms with E-state index in [0.29, 0.717) is 23.0 Å². The van der Waals surface area contributed by atoms with Crippen LogP contribution in [-0.4, -0.2) is 31.2 Å². The zero-order chi connectivity index (χ0) is 16.1. The number of tetrazole rings is 1. The first-order chi connectivity index (χ1) is 10.4. The van der Waals surface area contributed by atoms with Gasteiger partial charge in [0.1, 0.15) is 0 Å². The van der Waals surface area contributed by atoms with Gasteiger partial charge in [0.25, 0.3) is 11.9 Å². The van der Waals surface area contributed by atoms with Crippen LogP contribution in [0.1, 0.15) is 24.2 Å². The maximum absolute atomic E-state index is 12.0. The summed E-state index contributed by atoms with van der Waals surface area (Å²) in [7, 11) is 0. The van der Waals surface area contributed by atoms with Gasteiger partial charge in [0, 0.05) is 10.6 Å². The molecule has 0 fully saturated rings. The van der Waals surface area contributed by atoms with E-state index in [-0.39, 0.29) is 17.0 Å². The number of thiocarbonyl (C=S) groups is 1. The van der Waals surface area contributed by atoms with E-state index in [4.69, 9.17) is 23.8 Å². The maximum atomic E-state index is 12.0. The van der Waals surface area contributed by atoms with Gasteiger partial charge in [-0.2, -0.15) is 4.80 Å². The Balaban J connectivity index is 1.91. The van der Waals surface area contributed by atoms with Gasteiger partial charge in [-0.3, -0.25) is 15.4 Å². The molecule has 0 aliphatic rings. The Kier molecular flexibility index (Phi) is 5.40. The van der Waals surface area contributed by atoms with Crippen LogP contribution < -0.4 is 10.6 Å². The van der Waals surface area contributed by atoms with Crippen LogP contribution in [0.25, 0.3) is 0 Å². The number of nitrogens with zero attached hydrogens (tertiary/aromatic N) is 4. The lowest BCUT2D eigenvalue weighted by molar-refractivity contribution is 0.0978. The summed E-state index contributed by atoms with van der Waals surface area (Å²) in [5.41, 5.74) is 0.449. The molecule has 2 aromatic rings. The average Bonchev–Trinajstić information content (AvgIpc) is 2.85. The topological polar surface area (TPSA) is 84.7 Å². The van der Waals surface area contributed by atoms with Gasteiger partial charge in [-0.1, -0.05) is 30.5 Å². The van der Waals surface area contributed by atoms with Gasteiger partial charge in [0.2, 0.25) is 0 Å². The van der Waals surface area contributed by atoms with Crippen LogP contribution in [0.15, 0.2) is 24.3 Å². The molecule has 0 aliphatic heterocycles. The predicted molar refractivity (Wildman–Crippen MR) is 87.8 cm³/mol. The third-order valence-corrected chi connectivity index (χ3v) is 3.00. The van der Waals surface area contributed by atoms with E-state index in [1.165, 1.54) is 4.80 Å². The predicted octanol–water partition coefficient (Wildman–Crippen LogP) is 2.11. The van der Waals surface area contributed by atoms with Crippen LogP contribution in [0, 0.1) is 5.92 Å². The molecule has 1 amide bonds. The van der Waals surface area contributed by atoms with Crippen molar-refractivity contribution in [2.75, 3.05) is 5.32 Å². The normalized spacial score (nSPS) is 10.5. The van der Waals surface area contributed by atoms with Crippen molar-refractivity contribution in [1.82, 2.24) is 25.5 Å².